The second-order valence-electron chi connectivity index (χ2n) is 5.09. The molecule has 74 valence electrons. The average molecular weight is 179 g/mol. The van der Waals surface area contributed by atoms with Crippen molar-refractivity contribution in [1.29, 1.82) is 0 Å². The van der Waals surface area contributed by atoms with Gasteiger partial charge in [-0.25, -0.2) is 0 Å². The van der Waals surface area contributed by atoms with Crippen LogP contribution in [0.4, 0.5) is 0 Å². The van der Waals surface area contributed by atoms with Crippen LogP contribution < -0.4 is 0 Å². The zero-order valence-electron chi connectivity index (χ0n) is 9.52. The smallest absolute Gasteiger partial charge is 0.0336 e. The Morgan fingerprint density at radius 1 is 1.46 bits per heavy atom. The zero-order valence-corrected chi connectivity index (χ0v) is 9.52. The Bertz CT molecular complexity index is 244. The summed E-state index contributed by atoms with van der Waals surface area (Å²) in [6.07, 6.45) is 4.51. The highest BCUT2D eigenvalue weighted by molar-refractivity contribution is 5.93. The Kier molecular flexibility index (Phi) is 2.94. The molecule has 1 nitrogen and oxygen atoms in total. The maximum Gasteiger partial charge on any atom is 0.0336 e. The van der Waals surface area contributed by atoms with Crippen molar-refractivity contribution in [3.05, 3.63) is 11.8 Å². The standard InChI is InChI=1S/C12H21N/c1-9(2)8-12(4,5)11-7-6-10(3)13-11/h6,9H,7-8H2,1-5H3. The van der Waals surface area contributed by atoms with Gasteiger partial charge in [0.2, 0.25) is 0 Å². The van der Waals surface area contributed by atoms with E-state index in [9.17, 15) is 0 Å². The van der Waals surface area contributed by atoms with Crippen LogP contribution in [-0.2, 0) is 0 Å². The first-order chi connectivity index (χ1) is 5.92. The van der Waals surface area contributed by atoms with Gasteiger partial charge in [0, 0.05) is 23.2 Å². The van der Waals surface area contributed by atoms with Crippen LogP contribution in [0.15, 0.2) is 16.8 Å². The molecule has 0 aliphatic carbocycles. The van der Waals surface area contributed by atoms with Crippen LogP contribution in [0.2, 0.25) is 0 Å². The number of aliphatic imine (C=N–C) groups is 1. The van der Waals surface area contributed by atoms with Crippen molar-refractivity contribution in [2.24, 2.45) is 16.3 Å². The van der Waals surface area contributed by atoms with Crippen molar-refractivity contribution < 1.29 is 0 Å². The number of nitrogens with zero attached hydrogens (tertiary/aromatic N) is 1. The first-order valence-electron chi connectivity index (χ1n) is 5.16. The molecule has 0 aromatic rings. The second-order valence-corrected chi connectivity index (χ2v) is 5.09. The van der Waals surface area contributed by atoms with Gasteiger partial charge >= 0.3 is 0 Å². The predicted molar refractivity (Wildman–Crippen MR) is 59.0 cm³/mol. The summed E-state index contributed by atoms with van der Waals surface area (Å²) in [4.78, 5) is 4.59. The minimum absolute atomic E-state index is 0.280. The van der Waals surface area contributed by atoms with Gasteiger partial charge in [-0.2, -0.15) is 0 Å². The summed E-state index contributed by atoms with van der Waals surface area (Å²) in [5.74, 6) is 0.749. The van der Waals surface area contributed by atoms with Gasteiger partial charge in [0.1, 0.15) is 0 Å². The van der Waals surface area contributed by atoms with Gasteiger partial charge in [-0.1, -0.05) is 33.8 Å². The lowest BCUT2D eigenvalue weighted by Crippen LogP contribution is -2.24. The topological polar surface area (TPSA) is 12.4 Å². The molecular weight excluding hydrogens is 158 g/mol. The van der Waals surface area contributed by atoms with Crippen LogP contribution in [0, 0.1) is 11.3 Å². The van der Waals surface area contributed by atoms with Crippen molar-refractivity contribution in [1.82, 2.24) is 0 Å². The van der Waals surface area contributed by atoms with E-state index in [-0.39, 0.29) is 5.41 Å². The highest BCUT2D eigenvalue weighted by atomic mass is 14.8. The van der Waals surface area contributed by atoms with Crippen LogP contribution in [0.1, 0.15) is 47.5 Å². The molecule has 0 N–H and O–H groups in total. The Labute approximate surface area is 82.0 Å². The average Bonchev–Trinajstić information content (AvgIpc) is 2.32. The summed E-state index contributed by atoms with van der Waals surface area (Å²) in [7, 11) is 0. The van der Waals surface area contributed by atoms with E-state index in [1.165, 1.54) is 17.8 Å². The van der Waals surface area contributed by atoms with E-state index in [0.717, 1.165) is 12.3 Å². The molecule has 0 spiro atoms. The van der Waals surface area contributed by atoms with E-state index in [0.29, 0.717) is 0 Å². The van der Waals surface area contributed by atoms with E-state index >= 15 is 0 Å². The third-order valence-corrected chi connectivity index (χ3v) is 2.60. The molecule has 0 aromatic carbocycles. The molecular formula is C12H21N. The van der Waals surface area contributed by atoms with Gasteiger partial charge in [-0.15, -0.1) is 0 Å². The summed E-state index contributed by atoms with van der Waals surface area (Å²) in [6, 6.07) is 0. The number of rotatable bonds is 3. The predicted octanol–water partition coefficient (Wildman–Crippen LogP) is 3.81. The Balaban J connectivity index is 2.66. The molecule has 0 bridgehead atoms. The Hall–Kier alpha value is -0.590. The van der Waals surface area contributed by atoms with E-state index in [1.807, 2.05) is 0 Å². The third-order valence-electron chi connectivity index (χ3n) is 2.60. The fourth-order valence-electron chi connectivity index (χ4n) is 2.11. The van der Waals surface area contributed by atoms with E-state index in [2.05, 4.69) is 45.7 Å². The number of hydrogen-bond acceptors (Lipinski definition) is 1. The van der Waals surface area contributed by atoms with Crippen LogP contribution in [-0.4, -0.2) is 5.71 Å². The summed E-state index contributed by atoms with van der Waals surface area (Å²) < 4.78 is 0. The van der Waals surface area contributed by atoms with E-state index in [4.69, 9.17) is 0 Å². The highest BCUT2D eigenvalue weighted by Crippen LogP contribution is 2.31. The van der Waals surface area contributed by atoms with Gasteiger partial charge in [0.25, 0.3) is 0 Å². The molecule has 0 saturated carbocycles. The van der Waals surface area contributed by atoms with Crippen LogP contribution in [0.25, 0.3) is 0 Å². The molecule has 1 aliphatic rings. The fraction of sp³-hybridized carbons (Fsp3) is 0.750. The molecule has 13 heavy (non-hydrogen) atoms. The van der Waals surface area contributed by atoms with E-state index in [1.54, 1.807) is 0 Å². The van der Waals surface area contributed by atoms with Crippen LogP contribution in [0.3, 0.4) is 0 Å². The molecule has 1 heteroatoms. The molecule has 0 amide bonds. The van der Waals surface area contributed by atoms with Crippen LogP contribution in [0.5, 0.6) is 0 Å². The van der Waals surface area contributed by atoms with Crippen molar-refractivity contribution in [2.75, 3.05) is 0 Å². The first-order valence-corrected chi connectivity index (χ1v) is 5.16. The van der Waals surface area contributed by atoms with Crippen molar-refractivity contribution >= 4 is 5.71 Å². The molecule has 1 rings (SSSR count). The first kappa shape index (κ1) is 10.5. The number of allylic oxidation sites excluding steroid dienone is 2. The van der Waals surface area contributed by atoms with Crippen molar-refractivity contribution in [2.45, 2.75) is 47.5 Å². The molecule has 0 radical (unpaired) electrons. The lowest BCUT2D eigenvalue weighted by molar-refractivity contribution is 0.391. The molecule has 1 heterocycles. The van der Waals surface area contributed by atoms with Gasteiger partial charge in [0.15, 0.2) is 0 Å². The maximum absolute atomic E-state index is 4.59. The SMILES string of the molecule is CC1=CCC(C(C)(C)CC(C)C)=N1. The molecule has 0 saturated heterocycles. The summed E-state index contributed by atoms with van der Waals surface area (Å²) in [5, 5.41) is 0. The summed E-state index contributed by atoms with van der Waals surface area (Å²) in [5.41, 5.74) is 2.83. The zero-order chi connectivity index (χ0) is 10.1. The quantitative estimate of drug-likeness (QED) is 0.624. The molecule has 0 aromatic heterocycles. The molecule has 0 fully saturated rings. The van der Waals surface area contributed by atoms with Gasteiger partial charge in [-0.05, 0) is 19.3 Å². The summed E-state index contributed by atoms with van der Waals surface area (Å²) in [6.45, 7) is 11.2. The lowest BCUT2D eigenvalue weighted by Gasteiger charge is -2.26. The second kappa shape index (κ2) is 3.65. The van der Waals surface area contributed by atoms with Crippen LogP contribution >= 0.6 is 0 Å². The highest BCUT2D eigenvalue weighted by Gasteiger charge is 2.26. The third kappa shape index (κ3) is 2.68. The van der Waals surface area contributed by atoms with Gasteiger partial charge in [-0.3, -0.25) is 4.99 Å². The Morgan fingerprint density at radius 3 is 2.46 bits per heavy atom. The minimum Gasteiger partial charge on any atom is -0.262 e. The molecule has 0 atom stereocenters. The molecule has 0 unspecified atom stereocenters. The van der Waals surface area contributed by atoms with Gasteiger partial charge < -0.3 is 0 Å². The minimum atomic E-state index is 0.280. The van der Waals surface area contributed by atoms with Crippen molar-refractivity contribution in [3.63, 3.8) is 0 Å². The van der Waals surface area contributed by atoms with E-state index < -0.39 is 0 Å². The molecule has 1 aliphatic heterocycles. The maximum atomic E-state index is 4.59. The summed E-state index contributed by atoms with van der Waals surface area (Å²) >= 11 is 0. The van der Waals surface area contributed by atoms with Gasteiger partial charge in [0.05, 0.1) is 0 Å². The monoisotopic (exact) mass is 179 g/mol. The number of hydrogen-bond donors (Lipinski definition) is 0. The Morgan fingerprint density at radius 2 is 2.08 bits per heavy atom. The normalized spacial score (nSPS) is 17.7. The van der Waals surface area contributed by atoms with Crippen molar-refractivity contribution in [3.8, 4) is 0 Å². The largest absolute Gasteiger partial charge is 0.262 e. The lowest BCUT2D eigenvalue weighted by atomic mass is 9.79. The fourth-order valence-corrected chi connectivity index (χ4v) is 2.11.